The van der Waals surface area contributed by atoms with Crippen LogP contribution in [0.3, 0.4) is 0 Å². The molecule has 0 saturated carbocycles. The molecule has 0 amide bonds. The SMILES string of the molecule is CCCCCCCCC/C=C\CCCCCCCCCCCCCCCOC[C@@H](O)COP(=O)([O-])C(C)[N+](C)(C)CCC(O)O. The van der Waals surface area contributed by atoms with Crippen molar-refractivity contribution in [3.8, 4) is 0 Å². The second kappa shape index (κ2) is 29.8. The van der Waals surface area contributed by atoms with Crippen LogP contribution in [0.5, 0.6) is 0 Å². The highest BCUT2D eigenvalue weighted by molar-refractivity contribution is 7.51. The summed E-state index contributed by atoms with van der Waals surface area (Å²) in [4.78, 5) is 12.5. The van der Waals surface area contributed by atoms with E-state index in [2.05, 4.69) is 19.1 Å². The first-order chi connectivity index (χ1) is 21.5. The van der Waals surface area contributed by atoms with Crippen molar-refractivity contribution in [1.29, 1.82) is 0 Å². The summed E-state index contributed by atoms with van der Waals surface area (Å²) in [7, 11) is -0.871. The summed E-state index contributed by atoms with van der Waals surface area (Å²) in [6.07, 6.45) is 31.3. The van der Waals surface area contributed by atoms with Gasteiger partial charge in [0, 0.05) is 13.0 Å². The number of aliphatic hydroxyl groups excluding tert-OH is 2. The Morgan fingerprint density at radius 1 is 0.689 bits per heavy atom. The molecule has 0 rings (SSSR count). The highest BCUT2D eigenvalue weighted by Crippen LogP contribution is 2.46. The van der Waals surface area contributed by atoms with Gasteiger partial charge in [-0.3, -0.25) is 0 Å². The third kappa shape index (κ3) is 28.4. The van der Waals surface area contributed by atoms with Crippen LogP contribution in [-0.2, 0) is 13.8 Å². The minimum atomic E-state index is -4.26. The number of nitrogens with zero attached hydrogens (tertiary/aromatic N) is 1. The molecule has 0 aromatic rings. The van der Waals surface area contributed by atoms with Gasteiger partial charge in [0.25, 0.3) is 0 Å². The van der Waals surface area contributed by atoms with Crippen LogP contribution in [0.4, 0.5) is 0 Å². The molecule has 3 N–H and O–H groups in total. The van der Waals surface area contributed by atoms with E-state index < -0.39 is 25.8 Å². The molecule has 0 heterocycles. The number of hydrogen-bond acceptors (Lipinski definition) is 7. The van der Waals surface area contributed by atoms with Crippen LogP contribution in [0.2, 0.25) is 0 Å². The largest absolute Gasteiger partial charge is 0.774 e. The molecule has 0 aromatic heterocycles. The summed E-state index contributed by atoms with van der Waals surface area (Å²) in [5.41, 5.74) is 0. The third-order valence-corrected chi connectivity index (χ3v) is 11.0. The number of allylic oxidation sites excluding steroid dienone is 2. The number of ether oxygens (including phenoxy) is 1. The van der Waals surface area contributed by atoms with E-state index in [1.807, 2.05) is 0 Å². The van der Waals surface area contributed by atoms with Gasteiger partial charge >= 0.3 is 0 Å². The third-order valence-electron chi connectivity index (χ3n) is 8.99. The van der Waals surface area contributed by atoms with Gasteiger partial charge < -0.3 is 38.5 Å². The van der Waals surface area contributed by atoms with E-state index in [1.165, 1.54) is 135 Å². The van der Waals surface area contributed by atoms with Crippen molar-refractivity contribution < 1.29 is 38.5 Å². The zero-order chi connectivity index (χ0) is 33.7. The van der Waals surface area contributed by atoms with Crippen molar-refractivity contribution in [3.05, 3.63) is 12.2 Å². The molecule has 0 aliphatic rings. The monoisotopic (exact) mass is 664 g/mol. The van der Waals surface area contributed by atoms with Crippen molar-refractivity contribution in [2.45, 2.75) is 180 Å². The highest BCUT2D eigenvalue weighted by atomic mass is 31.2. The molecule has 0 aliphatic heterocycles. The molecule has 45 heavy (non-hydrogen) atoms. The van der Waals surface area contributed by atoms with E-state index in [0.717, 1.165) is 12.8 Å². The highest BCUT2D eigenvalue weighted by Gasteiger charge is 2.34. The maximum Gasteiger partial charge on any atom is 0.192 e. The van der Waals surface area contributed by atoms with E-state index in [9.17, 15) is 14.6 Å². The van der Waals surface area contributed by atoms with Crippen molar-refractivity contribution in [2.24, 2.45) is 0 Å². The summed E-state index contributed by atoms with van der Waals surface area (Å²) in [6.45, 7) is 4.31. The fourth-order valence-electron chi connectivity index (χ4n) is 5.45. The van der Waals surface area contributed by atoms with Gasteiger partial charge in [0.15, 0.2) is 13.9 Å². The lowest BCUT2D eigenvalue weighted by molar-refractivity contribution is -0.902. The minimum Gasteiger partial charge on any atom is -0.774 e. The van der Waals surface area contributed by atoms with Crippen LogP contribution >= 0.6 is 7.60 Å². The number of rotatable bonds is 34. The molecular weight excluding hydrogens is 589 g/mol. The molecule has 2 unspecified atom stereocenters. The molecular formula is C36H74NO7P. The summed E-state index contributed by atoms with van der Waals surface area (Å²) < 4.78 is 23.2. The van der Waals surface area contributed by atoms with Crippen LogP contribution in [-0.4, -0.2) is 78.4 Å². The average molecular weight is 664 g/mol. The fourth-order valence-corrected chi connectivity index (χ4v) is 6.93. The van der Waals surface area contributed by atoms with Gasteiger partial charge in [0.2, 0.25) is 0 Å². The Balaban J connectivity index is 3.49. The van der Waals surface area contributed by atoms with E-state index >= 15 is 0 Å². The van der Waals surface area contributed by atoms with Crippen LogP contribution in [0.15, 0.2) is 12.2 Å². The maximum atomic E-state index is 12.5. The molecule has 0 aliphatic carbocycles. The molecule has 0 radical (unpaired) electrons. The predicted molar refractivity (Wildman–Crippen MR) is 186 cm³/mol. The second-order valence-corrected chi connectivity index (χ2v) is 15.8. The Bertz CT molecular complexity index is 720. The quantitative estimate of drug-likeness (QED) is 0.0209. The van der Waals surface area contributed by atoms with E-state index in [-0.39, 0.29) is 30.7 Å². The average Bonchev–Trinajstić information content (AvgIpc) is 3.00. The van der Waals surface area contributed by atoms with Gasteiger partial charge in [-0.15, -0.1) is 0 Å². The first-order valence-corrected chi connectivity index (χ1v) is 20.2. The molecule has 0 bridgehead atoms. The van der Waals surface area contributed by atoms with Crippen molar-refractivity contribution in [3.63, 3.8) is 0 Å². The van der Waals surface area contributed by atoms with E-state index in [4.69, 9.17) is 19.5 Å². The Morgan fingerprint density at radius 2 is 1.11 bits per heavy atom. The van der Waals surface area contributed by atoms with Gasteiger partial charge in [-0.25, -0.2) is 0 Å². The first kappa shape index (κ1) is 44.7. The van der Waals surface area contributed by atoms with Crippen LogP contribution in [0, 0.1) is 0 Å². The van der Waals surface area contributed by atoms with E-state index in [1.54, 1.807) is 14.1 Å². The van der Waals surface area contributed by atoms with Crippen LogP contribution in [0.1, 0.15) is 162 Å². The Morgan fingerprint density at radius 3 is 1.56 bits per heavy atom. The smallest absolute Gasteiger partial charge is 0.192 e. The molecule has 8 nitrogen and oxygen atoms in total. The lowest BCUT2D eigenvalue weighted by Crippen LogP contribution is -2.50. The molecule has 270 valence electrons. The van der Waals surface area contributed by atoms with Crippen LogP contribution < -0.4 is 4.89 Å². The Labute approximate surface area is 278 Å². The van der Waals surface area contributed by atoms with Crippen molar-refractivity contribution in [2.75, 3.05) is 40.5 Å². The molecule has 9 heteroatoms. The normalized spacial score (nSPS) is 15.2. The molecule has 0 saturated heterocycles. The van der Waals surface area contributed by atoms with Crippen LogP contribution in [0.25, 0.3) is 0 Å². The first-order valence-electron chi connectivity index (χ1n) is 18.6. The summed E-state index contributed by atoms with van der Waals surface area (Å²) in [5.74, 6) is -0.888. The van der Waals surface area contributed by atoms with Gasteiger partial charge in [-0.2, -0.15) is 0 Å². The lowest BCUT2D eigenvalue weighted by atomic mass is 10.0. The number of aliphatic hydroxyl groups is 3. The minimum absolute atomic E-state index is 0.0306. The van der Waals surface area contributed by atoms with Gasteiger partial charge in [-0.1, -0.05) is 128 Å². The zero-order valence-corrected chi connectivity index (χ0v) is 30.7. The van der Waals surface area contributed by atoms with Gasteiger partial charge in [0.05, 0.1) is 33.9 Å². The molecule has 0 aromatic carbocycles. The number of unbranched alkanes of at least 4 members (excludes halogenated alkanes) is 20. The maximum absolute atomic E-state index is 12.5. The van der Waals surface area contributed by atoms with Crippen molar-refractivity contribution in [1.82, 2.24) is 0 Å². The van der Waals surface area contributed by atoms with Gasteiger partial charge in [0.1, 0.15) is 11.9 Å². The summed E-state index contributed by atoms with van der Waals surface area (Å²) in [6, 6.07) is 0. The van der Waals surface area contributed by atoms with Gasteiger partial charge in [-0.05, 0) is 39.0 Å². The second-order valence-electron chi connectivity index (χ2n) is 13.7. The number of hydrogen-bond donors (Lipinski definition) is 3. The van der Waals surface area contributed by atoms with Crippen molar-refractivity contribution >= 4 is 7.60 Å². The zero-order valence-electron chi connectivity index (χ0n) is 29.8. The topological polar surface area (TPSA) is 119 Å². The molecule has 0 spiro atoms. The fraction of sp³-hybridized carbons (Fsp3) is 0.944. The summed E-state index contributed by atoms with van der Waals surface area (Å²) in [5, 5.41) is 28.2. The lowest BCUT2D eigenvalue weighted by Gasteiger charge is -2.42. The standard InChI is InChI=1S/C36H74NO7P/c1-5-6-7-8-9-10-11-12-13-14-15-16-17-18-19-20-21-22-23-24-25-26-27-28-31-43-32-35(38)33-44-45(41,42)34(2)37(3,4)30-29-36(39)40/h13-14,34-36,38-40H,5-12,15-33H2,1-4H3/b14-13-/t34?,35-/m1/s1. The van der Waals surface area contributed by atoms with E-state index in [0.29, 0.717) is 6.61 Å². The summed E-state index contributed by atoms with van der Waals surface area (Å²) >= 11 is 0. The Kier molecular flexibility index (Phi) is 29.6. The predicted octanol–water partition coefficient (Wildman–Crippen LogP) is 8.22. The molecule has 0 fully saturated rings. The number of quaternary nitrogens is 1. The Hall–Kier alpha value is -0.310. The molecule has 3 atom stereocenters.